The number of halogens is 1. The summed E-state index contributed by atoms with van der Waals surface area (Å²) in [5.74, 6) is 0.517. The molecule has 2 heterocycles. The van der Waals surface area contributed by atoms with Crippen LogP contribution >= 0.6 is 23.4 Å². The highest BCUT2D eigenvalue weighted by molar-refractivity contribution is 8.14. The minimum atomic E-state index is -0.426. The van der Waals surface area contributed by atoms with Crippen LogP contribution in [0.2, 0.25) is 0 Å². The minimum absolute atomic E-state index is 0.0443. The number of hydrogen-bond acceptors (Lipinski definition) is 4. The number of carbonyl (C=O) groups is 2. The lowest BCUT2D eigenvalue weighted by molar-refractivity contribution is -0.125. The Morgan fingerprint density at radius 1 is 1.64 bits per heavy atom. The first-order valence-electron chi connectivity index (χ1n) is 4.35. The van der Waals surface area contributed by atoms with Gasteiger partial charge in [-0.1, -0.05) is 11.8 Å². The molecular weight excluding hydrogens is 224 g/mol. The fourth-order valence-electron chi connectivity index (χ4n) is 1.53. The van der Waals surface area contributed by atoms with Crippen molar-refractivity contribution in [2.45, 2.75) is 6.42 Å². The SMILES string of the molecule is O=C(Cl)[C@H]1CC(=O)N(C2=NCCS2)C1. The fourth-order valence-corrected chi connectivity index (χ4v) is 2.56. The van der Waals surface area contributed by atoms with Crippen molar-refractivity contribution < 1.29 is 9.59 Å². The minimum Gasteiger partial charge on any atom is -0.291 e. The highest BCUT2D eigenvalue weighted by Crippen LogP contribution is 2.25. The molecule has 76 valence electrons. The molecule has 2 aliphatic heterocycles. The average Bonchev–Trinajstić information content (AvgIpc) is 2.71. The molecule has 0 N–H and O–H groups in total. The van der Waals surface area contributed by atoms with E-state index in [0.29, 0.717) is 6.54 Å². The van der Waals surface area contributed by atoms with Gasteiger partial charge < -0.3 is 0 Å². The maximum atomic E-state index is 11.5. The van der Waals surface area contributed by atoms with E-state index in [-0.39, 0.29) is 18.2 Å². The van der Waals surface area contributed by atoms with Gasteiger partial charge in [-0.25, -0.2) is 0 Å². The summed E-state index contributed by atoms with van der Waals surface area (Å²) in [6.45, 7) is 1.15. The zero-order valence-corrected chi connectivity index (χ0v) is 8.98. The number of amidine groups is 1. The number of hydrogen-bond donors (Lipinski definition) is 0. The third-order valence-corrected chi connectivity index (χ3v) is 3.55. The summed E-state index contributed by atoms with van der Waals surface area (Å²) >= 11 is 6.91. The first-order valence-corrected chi connectivity index (χ1v) is 5.72. The predicted octanol–water partition coefficient (Wildman–Crippen LogP) is 0.703. The van der Waals surface area contributed by atoms with Crippen LogP contribution in [0.1, 0.15) is 6.42 Å². The lowest BCUT2D eigenvalue weighted by Crippen LogP contribution is -2.29. The molecule has 0 unspecified atom stereocenters. The van der Waals surface area contributed by atoms with Crippen molar-refractivity contribution in [2.24, 2.45) is 10.9 Å². The van der Waals surface area contributed by atoms with Gasteiger partial charge >= 0.3 is 0 Å². The third-order valence-electron chi connectivity index (χ3n) is 2.25. The Balaban J connectivity index is 2.07. The lowest BCUT2D eigenvalue weighted by Gasteiger charge is -2.14. The zero-order valence-electron chi connectivity index (χ0n) is 7.40. The van der Waals surface area contributed by atoms with E-state index in [2.05, 4.69) is 4.99 Å². The van der Waals surface area contributed by atoms with Crippen molar-refractivity contribution in [1.82, 2.24) is 4.90 Å². The molecule has 2 aliphatic rings. The van der Waals surface area contributed by atoms with Crippen LogP contribution in [0.4, 0.5) is 0 Å². The van der Waals surface area contributed by atoms with Gasteiger partial charge in [-0.05, 0) is 11.6 Å². The smallest absolute Gasteiger partial charge is 0.229 e. The maximum Gasteiger partial charge on any atom is 0.229 e. The monoisotopic (exact) mass is 232 g/mol. The van der Waals surface area contributed by atoms with E-state index in [9.17, 15) is 9.59 Å². The first kappa shape index (κ1) is 9.98. The highest BCUT2D eigenvalue weighted by atomic mass is 35.5. The number of likely N-dealkylation sites (tertiary alicyclic amines) is 1. The van der Waals surface area contributed by atoms with Gasteiger partial charge in [0.1, 0.15) is 0 Å². The number of carbonyl (C=O) groups excluding carboxylic acids is 2. The van der Waals surface area contributed by atoms with E-state index in [4.69, 9.17) is 11.6 Å². The van der Waals surface area contributed by atoms with Crippen molar-refractivity contribution in [3.63, 3.8) is 0 Å². The third kappa shape index (κ3) is 1.79. The van der Waals surface area contributed by atoms with Crippen molar-refractivity contribution in [3.05, 3.63) is 0 Å². The molecule has 0 aromatic heterocycles. The molecule has 0 spiro atoms. The lowest BCUT2D eigenvalue weighted by atomic mass is 10.1. The summed E-state index contributed by atoms with van der Waals surface area (Å²) in [5.41, 5.74) is 0. The second-order valence-corrected chi connectivity index (χ2v) is 4.66. The summed E-state index contributed by atoms with van der Waals surface area (Å²) in [7, 11) is 0. The van der Waals surface area contributed by atoms with Crippen LogP contribution < -0.4 is 0 Å². The summed E-state index contributed by atoms with van der Waals surface area (Å²) in [6, 6.07) is 0. The van der Waals surface area contributed by atoms with Crippen LogP contribution in [0.5, 0.6) is 0 Å². The van der Waals surface area contributed by atoms with Crippen LogP contribution in [0.3, 0.4) is 0 Å². The second kappa shape index (κ2) is 3.90. The van der Waals surface area contributed by atoms with Crippen molar-refractivity contribution in [1.29, 1.82) is 0 Å². The molecule has 0 aliphatic carbocycles. The molecule has 1 amide bonds. The van der Waals surface area contributed by atoms with Crippen molar-refractivity contribution in [3.8, 4) is 0 Å². The molecule has 6 heteroatoms. The molecule has 2 rings (SSSR count). The van der Waals surface area contributed by atoms with Gasteiger partial charge in [-0.15, -0.1) is 0 Å². The quantitative estimate of drug-likeness (QED) is 0.626. The Morgan fingerprint density at radius 2 is 2.43 bits per heavy atom. The largest absolute Gasteiger partial charge is 0.291 e. The molecular formula is C8H9ClN2O2S. The van der Waals surface area contributed by atoms with Gasteiger partial charge in [-0.2, -0.15) is 0 Å². The Hall–Kier alpha value is -0.550. The van der Waals surface area contributed by atoms with Gasteiger partial charge in [0.2, 0.25) is 11.1 Å². The average molecular weight is 233 g/mol. The number of aliphatic imine (C=N–C) groups is 1. The number of nitrogens with zero attached hydrogens (tertiary/aromatic N) is 2. The van der Waals surface area contributed by atoms with Gasteiger partial charge in [0.15, 0.2) is 5.17 Å². The molecule has 1 atom stereocenters. The van der Waals surface area contributed by atoms with E-state index in [1.54, 1.807) is 16.7 Å². The van der Waals surface area contributed by atoms with Gasteiger partial charge in [0.25, 0.3) is 0 Å². The van der Waals surface area contributed by atoms with Crippen LogP contribution in [-0.4, -0.2) is 40.1 Å². The second-order valence-electron chi connectivity index (χ2n) is 3.22. The van der Waals surface area contributed by atoms with Crippen LogP contribution in [0.25, 0.3) is 0 Å². The Labute approximate surface area is 90.7 Å². The van der Waals surface area contributed by atoms with Gasteiger partial charge in [0, 0.05) is 18.7 Å². The molecule has 14 heavy (non-hydrogen) atoms. The zero-order chi connectivity index (χ0) is 10.1. The molecule has 1 fully saturated rings. The number of amides is 1. The normalized spacial score (nSPS) is 26.9. The molecule has 0 bridgehead atoms. The first-order chi connectivity index (χ1) is 6.68. The Kier molecular flexibility index (Phi) is 2.78. The molecule has 0 radical (unpaired) electrons. The van der Waals surface area contributed by atoms with Gasteiger partial charge in [-0.3, -0.25) is 19.5 Å². The molecule has 4 nitrogen and oxygen atoms in total. The van der Waals surface area contributed by atoms with E-state index in [1.807, 2.05) is 0 Å². The van der Waals surface area contributed by atoms with Crippen LogP contribution in [-0.2, 0) is 9.59 Å². The molecule has 0 aromatic rings. The van der Waals surface area contributed by atoms with Crippen molar-refractivity contribution >= 4 is 39.7 Å². The Bertz CT molecular complexity index is 318. The fraction of sp³-hybridized carbons (Fsp3) is 0.625. The van der Waals surface area contributed by atoms with E-state index in [0.717, 1.165) is 17.5 Å². The van der Waals surface area contributed by atoms with Crippen LogP contribution in [0.15, 0.2) is 4.99 Å². The summed E-state index contributed by atoms with van der Waals surface area (Å²) in [5, 5.41) is 0.319. The highest BCUT2D eigenvalue weighted by Gasteiger charge is 2.36. The predicted molar refractivity (Wildman–Crippen MR) is 55.4 cm³/mol. The molecule has 0 aromatic carbocycles. The topological polar surface area (TPSA) is 49.7 Å². The van der Waals surface area contributed by atoms with Gasteiger partial charge in [0.05, 0.1) is 12.5 Å². The van der Waals surface area contributed by atoms with Crippen molar-refractivity contribution in [2.75, 3.05) is 18.8 Å². The maximum absolute atomic E-state index is 11.5. The number of thioether (sulfide) groups is 1. The number of rotatable bonds is 1. The van der Waals surface area contributed by atoms with Crippen LogP contribution in [0, 0.1) is 5.92 Å². The summed E-state index contributed by atoms with van der Waals surface area (Å²) in [6.07, 6.45) is 0.224. The van der Waals surface area contributed by atoms with E-state index in [1.165, 1.54) is 0 Å². The Morgan fingerprint density at radius 3 is 2.93 bits per heavy atom. The standard InChI is InChI=1S/C8H9ClN2O2S/c9-7(13)5-3-6(12)11(4-5)8-10-1-2-14-8/h5H,1-4H2/t5-/m0/s1. The molecule has 1 saturated heterocycles. The molecule has 0 saturated carbocycles. The summed E-state index contributed by atoms with van der Waals surface area (Å²) in [4.78, 5) is 28.2. The summed E-state index contributed by atoms with van der Waals surface area (Å²) < 4.78 is 0. The van der Waals surface area contributed by atoms with E-state index >= 15 is 0 Å². The van der Waals surface area contributed by atoms with E-state index < -0.39 is 5.24 Å².